The Kier molecular flexibility index (Phi) is 4.73. The maximum absolute atomic E-state index is 3.15. The SMILES string of the molecule is C/C=C(C)\C(=C/CC)NC. The minimum absolute atomic E-state index is 1.08. The van der Waals surface area contributed by atoms with Gasteiger partial charge >= 0.3 is 0 Å². The molecular formula is C9H17N. The topological polar surface area (TPSA) is 12.0 Å². The molecule has 58 valence electrons. The van der Waals surface area contributed by atoms with E-state index in [1.54, 1.807) is 0 Å². The zero-order valence-electron chi connectivity index (χ0n) is 7.36. The van der Waals surface area contributed by atoms with Gasteiger partial charge in [0.15, 0.2) is 0 Å². The molecule has 1 nitrogen and oxygen atoms in total. The molecular weight excluding hydrogens is 122 g/mol. The molecule has 0 saturated carbocycles. The van der Waals surface area contributed by atoms with Crippen LogP contribution in [0.3, 0.4) is 0 Å². The van der Waals surface area contributed by atoms with Crippen LogP contribution in [0.4, 0.5) is 0 Å². The average molecular weight is 139 g/mol. The highest BCUT2D eigenvalue weighted by atomic mass is 14.8. The first-order valence-corrected chi connectivity index (χ1v) is 3.77. The summed E-state index contributed by atoms with van der Waals surface area (Å²) in [7, 11) is 1.95. The summed E-state index contributed by atoms with van der Waals surface area (Å²) in [6.45, 7) is 6.30. The van der Waals surface area contributed by atoms with Crippen molar-refractivity contribution in [1.29, 1.82) is 0 Å². The highest BCUT2D eigenvalue weighted by molar-refractivity contribution is 5.26. The zero-order valence-corrected chi connectivity index (χ0v) is 7.36. The molecule has 0 bridgehead atoms. The Balaban J connectivity index is 4.21. The molecule has 0 rings (SSSR count). The standard InChI is InChI=1S/C9H17N/c1-5-7-9(10-4)8(3)6-2/h6-7,10H,5H2,1-4H3/b8-6-,9-7+. The maximum Gasteiger partial charge on any atom is 0.0323 e. The predicted molar refractivity (Wildman–Crippen MR) is 46.9 cm³/mol. The minimum Gasteiger partial charge on any atom is -0.388 e. The van der Waals surface area contributed by atoms with Crippen molar-refractivity contribution in [3.8, 4) is 0 Å². The lowest BCUT2D eigenvalue weighted by Gasteiger charge is -2.05. The molecule has 1 N–H and O–H groups in total. The van der Waals surface area contributed by atoms with Crippen molar-refractivity contribution in [2.24, 2.45) is 0 Å². The quantitative estimate of drug-likeness (QED) is 0.592. The number of allylic oxidation sites excluding steroid dienone is 3. The Hall–Kier alpha value is -0.720. The molecule has 0 unspecified atom stereocenters. The number of rotatable bonds is 3. The fourth-order valence-electron chi connectivity index (χ4n) is 0.820. The van der Waals surface area contributed by atoms with Gasteiger partial charge in [0.1, 0.15) is 0 Å². The molecule has 0 saturated heterocycles. The Bertz CT molecular complexity index is 143. The van der Waals surface area contributed by atoms with Gasteiger partial charge in [-0.2, -0.15) is 0 Å². The van der Waals surface area contributed by atoms with Gasteiger partial charge in [-0.25, -0.2) is 0 Å². The van der Waals surface area contributed by atoms with Gasteiger partial charge in [0.05, 0.1) is 0 Å². The van der Waals surface area contributed by atoms with Crippen LogP contribution in [0.2, 0.25) is 0 Å². The van der Waals surface area contributed by atoms with Crippen molar-refractivity contribution in [3.05, 3.63) is 23.4 Å². The molecule has 0 aromatic rings. The summed E-state index contributed by atoms with van der Waals surface area (Å²) in [5, 5.41) is 3.15. The van der Waals surface area contributed by atoms with Crippen LogP contribution in [0.25, 0.3) is 0 Å². The Morgan fingerprint density at radius 2 is 2.10 bits per heavy atom. The molecule has 0 aliphatic carbocycles. The highest BCUT2D eigenvalue weighted by Crippen LogP contribution is 2.04. The van der Waals surface area contributed by atoms with Gasteiger partial charge in [0.25, 0.3) is 0 Å². The van der Waals surface area contributed by atoms with E-state index in [0.717, 1.165) is 6.42 Å². The maximum atomic E-state index is 3.15. The van der Waals surface area contributed by atoms with E-state index >= 15 is 0 Å². The van der Waals surface area contributed by atoms with E-state index in [2.05, 4.69) is 38.2 Å². The van der Waals surface area contributed by atoms with Crippen molar-refractivity contribution in [3.63, 3.8) is 0 Å². The lowest BCUT2D eigenvalue weighted by atomic mass is 10.2. The van der Waals surface area contributed by atoms with Crippen LogP contribution >= 0.6 is 0 Å². The normalized spacial score (nSPS) is 13.6. The van der Waals surface area contributed by atoms with E-state index in [9.17, 15) is 0 Å². The third-order valence-corrected chi connectivity index (χ3v) is 1.54. The molecule has 0 fully saturated rings. The second kappa shape index (κ2) is 5.10. The third-order valence-electron chi connectivity index (χ3n) is 1.54. The van der Waals surface area contributed by atoms with E-state index in [0.29, 0.717) is 0 Å². The van der Waals surface area contributed by atoms with Gasteiger partial charge in [0, 0.05) is 12.7 Å². The third kappa shape index (κ3) is 2.72. The predicted octanol–water partition coefficient (Wildman–Crippen LogP) is 2.47. The molecule has 0 aliphatic heterocycles. The molecule has 0 spiro atoms. The van der Waals surface area contributed by atoms with Crippen molar-refractivity contribution >= 4 is 0 Å². The number of likely N-dealkylation sites (N-methyl/N-ethyl adjacent to an activating group) is 1. The van der Waals surface area contributed by atoms with E-state index in [-0.39, 0.29) is 0 Å². The van der Waals surface area contributed by atoms with Gasteiger partial charge in [0.2, 0.25) is 0 Å². The van der Waals surface area contributed by atoms with Gasteiger partial charge in [-0.05, 0) is 25.8 Å². The van der Waals surface area contributed by atoms with Crippen molar-refractivity contribution in [2.45, 2.75) is 27.2 Å². The molecule has 0 radical (unpaired) electrons. The zero-order chi connectivity index (χ0) is 7.98. The Labute approximate surface area is 63.8 Å². The smallest absolute Gasteiger partial charge is 0.0323 e. The second-order valence-electron chi connectivity index (χ2n) is 2.25. The summed E-state index contributed by atoms with van der Waals surface area (Å²) in [5.41, 5.74) is 2.55. The summed E-state index contributed by atoms with van der Waals surface area (Å²) in [5.74, 6) is 0. The first-order valence-electron chi connectivity index (χ1n) is 3.77. The minimum atomic E-state index is 1.08. The lowest BCUT2D eigenvalue weighted by molar-refractivity contribution is 0.974. The van der Waals surface area contributed by atoms with Gasteiger partial charge in [-0.15, -0.1) is 0 Å². The number of nitrogens with one attached hydrogen (secondary N) is 1. The summed E-state index contributed by atoms with van der Waals surface area (Å²) in [6, 6.07) is 0. The van der Waals surface area contributed by atoms with E-state index in [1.165, 1.54) is 11.3 Å². The first-order chi connectivity index (χ1) is 4.76. The van der Waals surface area contributed by atoms with E-state index in [4.69, 9.17) is 0 Å². The summed E-state index contributed by atoms with van der Waals surface area (Å²) < 4.78 is 0. The Morgan fingerprint density at radius 3 is 2.40 bits per heavy atom. The van der Waals surface area contributed by atoms with E-state index < -0.39 is 0 Å². The summed E-state index contributed by atoms with van der Waals surface area (Å²) >= 11 is 0. The summed E-state index contributed by atoms with van der Waals surface area (Å²) in [6.07, 6.45) is 5.38. The average Bonchev–Trinajstić information content (AvgIpc) is 1.99. The highest BCUT2D eigenvalue weighted by Gasteiger charge is 1.91. The molecule has 1 heteroatoms. The van der Waals surface area contributed by atoms with Crippen LogP contribution in [-0.2, 0) is 0 Å². The van der Waals surface area contributed by atoms with Crippen LogP contribution in [0.1, 0.15) is 27.2 Å². The largest absolute Gasteiger partial charge is 0.388 e. The van der Waals surface area contributed by atoms with Crippen LogP contribution in [-0.4, -0.2) is 7.05 Å². The monoisotopic (exact) mass is 139 g/mol. The van der Waals surface area contributed by atoms with Crippen LogP contribution in [0.15, 0.2) is 23.4 Å². The molecule has 0 amide bonds. The van der Waals surface area contributed by atoms with Crippen molar-refractivity contribution < 1.29 is 0 Å². The van der Waals surface area contributed by atoms with Crippen molar-refractivity contribution in [1.82, 2.24) is 5.32 Å². The molecule has 0 atom stereocenters. The molecule has 0 aromatic heterocycles. The molecule has 0 heterocycles. The van der Waals surface area contributed by atoms with E-state index in [1.807, 2.05) is 7.05 Å². The number of hydrogen-bond donors (Lipinski definition) is 1. The van der Waals surface area contributed by atoms with Crippen LogP contribution in [0, 0.1) is 0 Å². The fourth-order valence-corrected chi connectivity index (χ4v) is 0.820. The summed E-state index contributed by atoms with van der Waals surface area (Å²) in [4.78, 5) is 0. The second-order valence-corrected chi connectivity index (χ2v) is 2.25. The Morgan fingerprint density at radius 1 is 1.50 bits per heavy atom. The molecule has 0 aliphatic rings. The molecule has 10 heavy (non-hydrogen) atoms. The van der Waals surface area contributed by atoms with Gasteiger partial charge < -0.3 is 5.32 Å². The fraction of sp³-hybridized carbons (Fsp3) is 0.556. The van der Waals surface area contributed by atoms with Gasteiger partial charge in [-0.1, -0.05) is 19.1 Å². The number of hydrogen-bond acceptors (Lipinski definition) is 1. The van der Waals surface area contributed by atoms with Gasteiger partial charge in [-0.3, -0.25) is 0 Å². The molecule has 0 aromatic carbocycles. The van der Waals surface area contributed by atoms with Crippen LogP contribution in [0.5, 0.6) is 0 Å². The van der Waals surface area contributed by atoms with Crippen molar-refractivity contribution in [2.75, 3.05) is 7.05 Å². The lowest BCUT2D eigenvalue weighted by Crippen LogP contribution is -2.06. The van der Waals surface area contributed by atoms with Crippen LogP contribution < -0.4 is 5.32 Å². The first kappa shape index (κ1) is 9.28.